The molecular formula is C8H7NO. The van der Waals surface area contributed by atoms with Gasteiger partial charge in [0.05, 0.1) is 0 Å². The molecule has 0 N–H and O–H groups in total. The number of nitriles is 1. The van der Waals surface area contributed by atoms with E-state index < -0.39 is 0 Å². The summed E-state index contributed by atoms with van der Waals surface area (Å²) in [6, 6.07) is 13.2. The van der Waals surface area contributed by atoms with Crippen LogP contribution in [0.4, 0.5) is 0 Å². The quantitative estimate of drug-likeness (QED) is 0.396. The van der Waals surface area contributed by atoms with Gasteiger partial charge in [-0.25, -0.2) is 0 Å². The number of aldehydes is 1. The fraction of sp³-hybridized carbons (Fsp3) is 0. The van der Waals surface area contributed by atoms with Gasteiger partial charge in [-0.1, -0.05) is 36.4 Å². The van der Waals surface area contributed by atoms with Crippen molar-refractivity contribution in [2.24, 2.45) is 0 Å². The van der Waals surface area contributed by atoms with Crippen molar-refractivity contribution in [1.29, 1.82) is 5.26 Å². The minimum atomic E-state index is 0.181. The number of carbonyl (C=O) groups excluding carboxylic acids is 1. The predicted octanol–water partition coefficient (Wildman–Crippen LogP) is 1.40. The number of rotatable bonds is 0. The lowest BCUT2D eigenvalue weighted by molar-refractivity contribution is -0.103. The molecule has 0 unspecified atom stereocenters. The van der Waals surface area contributed by atoms with Crippen LogP contribution in [0.5, 0.6) is 0 Å². The molecule has 1 rings (SSSR count). The fourth-order valence-electron chi connectivity index (χ4n) is 0.385. The molecule has 1 aromatic carbocycles. The molecule has 50 valence electrons. The van der Waals surface area contributed by atoms with Crippen LogP contribution < -0.4 is 0 Å². The smallest absolute Gasteiger partial charge is 0.219 e. The standard InChI is InChI=1S/C6H6.C2HNO/c1-2-4-6-5-3-1;3-1-2-4/h1-6H;2H. The molecule has 2 heteroatoms. The Balaban J connectivity index is 0.000000180. The zero-order chi connectivity index (χ0) is 7.66. The summed E-state index contributed by atoms with van der Waals surface area (Å²) in [5.41, 5.74) is 0. The van der Waals surface area contributed by atoms with Crippen molar-refractivity contribution >= 4 is 6.29 Å². The Morgan fingerprint density at radius 2 is 1.20 bits per heavy atom. The van der Waals surface area contributed by atoms with Gasteiger partial charge in [0.25, 0.3) is 0 Å². The summed E-state index contributed by atoms with van der Waals surface area (Å²) in [6.45, 7) is 0. The van der Waals surface area contributed by atoms with E-state index in [0.717, 1.165) is 0 Å². The van der Waals surface area contributed by atoms with Gasteiger partial charge in [0, 0.05) is 0 Å². The second-order valence-corrected chi connectivity index (χ2v) is 1.40. The molecule has 0 aromatic heterocycles. The van der Waals surface area contributed by atoms with Gasteiger partial charge >= 0.3 is 0 Å². The molecular weight excluding hydrogens is 126 g/mol. The van der Waals surface area contributed by atoms with E-state index in [9.17, 15) is 0 Å². The Hall–Kier alpha value is -1.62. The minimum Gasteiger partial charge on any atom is -0.286 e. The van der Waals surface area contributed by atoms with Crippen molar-refractivity contribution < 1.29 is 4.79 Å². The fourth-order valence-corrected chi connectivity index (χ4v) is 0.385. The first-order valence-corrected chi connectivity index (χ1v) is 2.75. The van der Waals surface area contributed by atoms with Gasteiger partial charge in [0.2, 0.25) is 6.29 Å². The van der Waals surface area contributed by atoms with Crippen molar-refractivity contribution in [2.75, 3.05) is 0 Å². The van der Waals surface area contributed by atoms with Gasteiger partial charge in [-0.15, -0.1) is 0 Å². The molecule has 0 saturated heterocycles. The summed E-state index contributed by atoms with van der Waals surface area (Å²) < 4.78 is 0. The van der Waals surface area contributed by atoms with Crippen LogP contribution in [-0.4, -0.2) is 6.29 Å². The number of benzene rings is 1. The number of hydrogen-bond donors (Lipinski definition) is 0. The van der Waals surface area contributed by atoms with Crippen molar-refractivity contribution in [2.45, 2.75) is 0 Å². The van der Waals surface area contributed by atoms with E-state index in [-0.39, 0.29) is 6.29 Å². The molecule has 10 heavy (non-hydrogen) atoms. The van der Waals surface area contributed by atoms with Crippen LogP contribution in [-0.2, 0) is 4.79 Å². The molecule has 0 bridgehead atoms. The van der Waals surface area contributed by atoms with Gasteiger partial charge < -0.3 is 0 Å². The summed E-state index contributed by atoms with van der Waals surface area (Å²) in [7, 11) is 0. The van der Waals surface area contributed by atoms with Crippen LogP contribution >= 0.6 is 0 Å². The number of carbonyl (C=O) groups is 1. The Morgan fingerprint density at radius 1 is 1.00 bits per heavy atom. The molecule has 0 amide bonds. The highest BCUT2D eigenvalue weighted by molar-refractivity contribution is 5.68. The van der Waals surface area contributed by atoms with Gasteiger partial charge in [-0.3, -0.25) is 4.79 Å². The highest BCUT2D eigenvalue weighted by Gasteiger charge is 1.57. The molecule has 0 heterocycles. The monoisotopic (exact) mass is 133 g/mol. The average molecular weight is 133 g/mol. The zero-order valence-electron chi connectivity index (χ0n) is 5.40. The van der Waals surface area contributed by atoms with E-state index in [1.54, 1.807) is 0 Å². The summed E-state index contributed by atoms with van der Waals surface area (Å²) in [5.74, 6) is 0. The molecule has 0 spiro atoms. The number of hydrogen-bond acceptors (Lipinski definition) is 2. The maximum absolute atomic E-state index is 8.81. The van der Waals surface area contributed by atoms with Crippen LogP contribution in [0.25, 0.3) is 0 Å². The Labute approximate surface area is 59.7 Å². The molecule has 0 atom stereocenters. The Kier molecular flexibility index (Phi) is 6.18. The summed E-state index contributed by atoms with van der Waals surface area (Å²) in [5, 5.41) is 7.26. The van der Waals surface area contributed by atoms with E-state index in [2.05, 4.69) is 0 Å². The van der Waals surface area contributed by atoms with Crippen molar-refractivity contribution in [3.63, 3.8) is 0 Å². The summed E-state index contributed by atoms with van der Waals surface area (Å²) >= 11 is 0. The highest BCUT2D eigenvalue weighted by Crippen LogP contribution is 1.79. The van der Waals surface area contributed by atoms with Gasteiger partial charge in [0.15, 0.2) is 0 Å². The Morgan fingerprint density at radius 3 is 1.30 bits per heavy atom. The molecule has 0 aliphatic rings. The maximum atomic E-state index is 8.81. The first-order chi connectivity index (χ1) is 4.91. The molecule has 0 aliphatic carbocycles. The van der Waals surface area contributed by atoms with E-state index >= 15 is 0 Å². The molecule has 0 radical (unpaired) electrons. The summed E-state index contributed by atoms with van der Waals surface area (Å²) in [6.07, 6.45) is 0.181. The van der Waals surface area contributed by atoms with Gasteiger partial charge in [-0.2, -0.15) is 5.26 Å². The lowest BCUT2D eigenvalue weighted by Crippen LogP contribution is -1.47. The normalized spacial score (nSPS) is 6.30. The lowest BCUT2D eigenvalue weighted by Gasteiger charge is -1.69. The zero-order valence-corrected chi connectivity index (χ0v) is 5.40. The highest BCUT2D eigenvalue weighted by atomic mass is 16.1. The van der Waals surface area contributed by atoms with Crippen LogP contribution in [0.3, 0.4) is 0 Å². The van der Waals surface area contributed by atoms with Crippen LogP contribution in [0.1, 0.15) is 0 Å². The van der Waals surface area contributed by atoms with Crippen molar-refractivity contribution in [3.8, 4) is 6.07 Å². The van der Waals surface area contributed by atoms with Crippen LogP contribution in [0.2, 0.25) is 0 Å². The van der Waals surface area contributed by atoms with Gasteiger partial charge in [-0.05, 0) is 0 Å². The van der Waals surface area contributed by atoms with E-state index in [0.29, 0.717) is 0 Å². The first-order valence-electron chi connectivity index (χ1n) is 2.75. The van der Waals surface area contributed by atoms with Crippen LogP contribution in [0, 0.1) is 11.3 Å². The average Bonchev–Trinajstić information content (AvgIpc) is 2.08. The number of nitrogens with zero attached hydrogens (tertiary/aromatic N) is 1. The minimum absolute atomic E-state index is 0.181. The van der Waals surface area contributed by atoms with Crippen molar-refractivity contribution in [1.82, 2.24) is 0 Å². The largest absolute Gasteiger partial charge is 0.286 e. The topological polar surface area (TPSA) is 40.9 Å². The second kappa shape index (κ2) is 7.38. The first kappa shape index (κ1) is 8.38. The molecule has 2 nitrogen and oxygen atoms in total. The third-order valence-electron chi connectivity index (χ3n) is 0.719. The van der Waals surface area contributed by atoms with E-state index in [4.69, 9.17) is 10.1 Å². The van der Waals surface area contributed by atoms with Gasteiger partial charge in [0.1, 0.15) is 6.07 Å². The SMILES string of the molecule is N#CC=O.c1ccccc1. The third kappa shape index (κ3) is 6.38. The molecule has 0 fully saturated rings. The molecule has 0 saturated carbocycles. The third-order valence-corrected chi connectivity index (χ3v) is 0.719. The summed E-state index contributed by atoms with van der Waals surface area (Å²) in [4.78, 5) is 8.81. The molecule has 0 aliphatic heterocycles. The second-order valence-electron chi connectivity index (χ2n) is 1.40. The van der Waals surface area contributed by atoms with Crippen LogP contribution in [0.15, 0.2) is 36.4 Å². The van der Waals surface area contributed by atoms with E-state index in [1.165, 1.54) is 6.07 Å². The Bertz CT molecular complexity index is 174. The lowest BCUT2D eigenvalue weighted by atomic mass is 10.4. The van der Waals surface area contributed by atoms with E-state index in [1.807, 2.05) is 36.4 Å². The maximum Gasteiger partial charge on any atom is 0.219 e. The van der Waals surface area contributed by atoms with Crippen molar-refractivity contribution in [3.05, 3.63) is 36.4 Å². The molecule has 1 aromatic rings. The predicted molar refractivity (Wildman–Crippen MR) is 38.1 cm³/mol.